The van der Waals surface area contributed by atoms with E-state index in [1.807, 2.05) is 32.3 Å². The van der Waals surface area contributed by atoms with Crippen LogP contribution in [0.5, 0.6) is 0 Å². The fraction of sp³-hybridized carbons (Fsp3) is 0.607. The number of unbranched alkanes of at least 4 members (excludes halogenated alkanes) is 2. The minimum absolute atomic E-state index is 0.115. The Morgan fingerprint density at radius 3 is 2.84 bits per heavy atom. The van der Waals surface area contributed by atoms with Crippen LogP contribution in [0.4, 0.5) is 0 Å². The molecule has 2 aliphatic rings. The first-order chi connectivity index (χ1) is 15.6. The molecule has 0 bridgehead atoms. The highest BCUT2D eigenvalue weighted by molar-refractivity contribution is 5.21. The SMILES string of the molecule is CC#CC[C@@H](C)[C@H](O)C=C[C@@H]1[C@H]2CC(CCCCCNCc3ccncc3)=C[C@H]2C[C@H]1O. The number of nitrogens with one attached hydrogen (secondary N) is 1. The van der Waals surface area contributed by atoms with Crippen molar-refractivity contribution in [1.82, 2.24) is 10.3 Å². The number of aliphatic hydroxyl groups excluding tert-OH is 2. The lowest BCUT2D eigenvalue weighted by Crippen LogP contribution is -2.19. The molecule has 1 fully saturated rings. The van der Waals surface area contributed by atoms with E-state index in [0.717, 1.165) is 25.9 Å². The lowest BCUT2D eigenvalue weighted by molar-refractivity contribution is 0.137. The van der Waals surface area contributed by atoms with Crippen molar-refractivity contribution in [3.63, 3.8) is 0 Å². The number of aromatic nitrogens is 1. The van der Waals surface area contributed by atoms with E-state index in [9.17, 15) is 10.2 Å². The molecule has 6 atom stereocenters. The molecular weight excluding hydrogens is 396 g/mol. The summed E-state index contributed by atoms with van der Waals surface area (Å²) in [6.07, 6.45) is 16.8. The van der Waals surface area contributed by atoms with E-state index in [0.29, 0.717) is 18.3 Å². The summed E-state index contributed by atoms with van der Waals surface area (Å²) in [5.41, 5.74) is 2.85. The molecule has 0 spiro atoms. The first-order valence-electron chi connectivity index (χ1n) is 12.3. The zero-order chi connectivity index (χ0) is 22.8. The van der Waals surface area contributed by atoms with Gasteiger partial charge in [-0.25, -0.2) is 0 Å². The Bertz CT molecular complexity index is 808. The maximum Gasteiger partial charge on any atom is 0.0755 e. The molecule has 4 heteroatoms. The van der Waals surface area contributed by atoms with E-state index >= 15 is 0 Å². The minimum atomic E-state index is -0.497. The fourth-order valence-corrected chi connectivity index (χ4v) is 5.12. The largest absolute Gasteiger partial charge is 0.392 e. The molecule has 0 unspecified atom stereocenters. The number of nitrogens with zero attached hydrogens (tertiary/aromatic N) is 1. The third-order valence-corrected chi connectivity index (χ3v) is 7.09. The van der Waals surface area contributed by atoms with Crippen LogP contribution in [0, 0.1) is 35.5 Å². The van der Waals surface area contributed by atoms with Gasteiger partial charge in [-0.3, -0.25) is 4.98 Å². The Hall–Kier alpha value is -1.93. The summed E-state index contributed by atoms with van der Waals surface area (Å²) in [7, 11) is 0. The molecule has 0 saturated heterocycles. The lowest BCUT2D eigenvalue weighted by atomic mass is 9.88. The summed E-state index contributed by atoms with van der Waals surface area (Å²) < 4.78 is 0. The number of fused-ring (bicyclic) bond motifs is 1. The number of rotatable bonds is 12. The van der Waals surface area contributed by atoms with E-state index in [-0.39, 0.29) is 17.9 Å². The van der Waals surface area contributed by atoms with Gasteiger partial charge in [0.25, 0.3) is 0 Å². The van der Waals surface area contributed by atoms with Crippen molar-refractivity contribution < 1.29 is 10.2 Å². The number of allylic oxidation sites excluding steroid dienone is 2. The quantitative estimate of drug-likeness (QED) is 0.254. The van der Waals surface area contributed by atoms with Gasteiger partial charge in [0.1, 0.15) is 0 Å². The van der Waals surface area contributed by atoms with Crippen molar-refractivity contribution in [2.75, 3.05) is 6.54 Å². The zero-order valence-electron chi connectivity index (χ0n) is 19.7. The number of hydrogen-bond donors (Lipinski definition) is 3. The fourth-order valence-electron chi connectivity index (χ4n) is 5.12. The van der Waals surface area contributed by atoms with Crippen LogP contribution in [-0.2, 0) is 6.54 Å². The van der Waals surface area contributed by atoms with Gasteiger partial charge in [0.15, 0.2) is 0 Å². The molecule has 3 N–H and O–H groups in total. The predicted octanol–water partition coefficient (Wildman–Crippen LogP) is 4.64. The third-order valence-electron chi connectivity index (χ3n) is 7.09. The van der Waals surface area contributed by atoms with E-state index in [2.05, 4.69) is 46.4 Å². The summed E-state index contributed by atoms with van der Waals surface area (Å²) in [6.45, 7) is 5.82. The minimum Gasteiger partial charge on any atom is -0.392 e. The van der Waals surface area contributed by atoms with E-state index in [4.69, 9.17) is 0 Å². The molecule has 0 amide bonds. The number of pyridine rings is 1. The summed E-state index contributed by atoms with van der Waals surface area (Å²) in [6, 6.07) is 4.11. The van der Waals surface area contributed by atoms with E-state index in [1.54, 1.807) is 5.57 Å². The molecule has 0 aromatic carbocycles. The average molecular weight is 437 g/mol. The molecule has 0 radical (unpaired) electrons. The Labute approximate surface area is 194 Å². The van der Waals surface area contributed by atoms with Crippen molar-refractivity contribution in [1.29, 1.82) is 0 Å². The average Bonchev–Trinajstić information content (AvgIpc) is 3.32. The van der Waals surface area contributed by atoms with Crippen LogP contribution in [0.2, 0.25) is 0 Å². The monoisotopic (exact) mass is 436 g/mol. The van der Waals surface area contributed by atoms with Crippen molar-refractivity contribution in [2.45, 2.75) is 77.5 Å². The van der Waals surface area contributed by atoms with Crippen LogP contribution in [0.15, 0.2) is 48.3 Å². The second kappa shape index (κ2) is 12.9. The topological polar surface area (TPSA) is 65.4 Å². The summed E-state index contributed by atoms with van der Waals surface area (Å²) in [4.78, 5) is 4.05. The number of hydrogen-bond acceptors (Lipinski definition) is 4. The van der Waals surface area contributed by atoms with Gasteiger partial charge in [0.05, 0.1) is 12.2 Å². The van der Waals surface area contributed by atoms with Gasteiger partial charge in [-0.05, 0) is 81.0 Å². The van der Waals surface area contributed by atoms with Gasteiger partial charge >= 0.3 is 0 Å². The van der Waals surface area contributed by atoms with Crippen LogP contribution >= 0.6 is 0 Å². The van der Waals surface area contributed by atoms with Gasteiger partial charge in [-0.1, -0.05) is 37.1 Å². The standard InChI is InChI=1S/C28H40N2O2/c1-3-4-8-21(2)27(31)11-10-25-26-18-23(17-24(26)19-28(25)32)9-6-5-7-14-30-20-22-12-15-29-16-13-22/h10-13,15-17,21,24-28,30-32H,5-9,14,18-20H2,1-2H3/t21-,24+,25-,26+,27-,28-/m1/s1. The van der Waals surface area contributed by atoms with Crippen molar-refractivity contribution in [3.05, 3.63) is 53.9 Å². The smallest absolute Gasteiger partial charge is 0.0755 e. The van der Waals surface area contributed by atoms with Crippen molar-refractivity contribution in [3.8, 4) is 11.8 Å². The van der Waals surface area contributed by atoms with Gasteiger partial charge in [-0.15, -0.1) is 11.8 Å². The van der Waals surface area contributed by atoms with Gasteiger partial charge in [0.2, 0.25) is 0 Å². The molecule has 4 nitrogen and oxygen atoms in total. The normalized spacial score (nSPS) is 26.4. The maximum atomic E-state index is 10.6. The molecule has 3 rings (SSSR count). The van der Waals surface area contributed by atoms with E-state index in [1.165, 1.54) is 31.2 Å². The second-order valence-corrected chi connectivity index (χ2v) is 9.56. The van der Waals surface area contributed by atoms with Crippen LogP contribution in [0.3, 0.4) is 0 Å². The molecule has 1 heterocycles. The summed E-state index contributed by atoms with van der Waals surface area (Å²) in [5, 5.41) is 24.5. The van der Waals surface area contributed by atoms with Crippen LogP contribution in [-0.4, -0.2) is 33.9 Å². The summed E-state index contributed by atoms with van der Waals surface area (Å²) >= 11 is 0. The predicted molar refractivity (Wildman–Crippen MR) is 131 cm³/mol. The molecular formula is C28H40N2O2. The van der Waals surface area contributed by atoms with E-state index < -0.39 is 6.10 Å². The van der Waals surface area contributed by atoms with Gasteiger partial charge in [-0.2, -0.15) is 0 Å². The maximum absolute atomic E-state index is 10.6. The third kappa shape index (κ3) is 7.30. The Morgan fingerprint density at radius 1 is 1.25 bits per heavy atom. The molecule has 0 aliphatic heterocycles. The van der Waals surface area contributed by atoms with Gasteiger partial charge < -0.3 is 15.5 Å². The van der Waals surface area contributed by atoms with Crippen LogP contribution in [0.1, 0.15) is 64.4 Å². The number of aliphatic hydroxyl groups is 2. The van der Waals surface area contributed by atoms with Crippen molar-refractivity contribution in [2.24, 2.45) is 23.7 Å². The highest BCUT2D eigenvalue weighted by atomic mass is 16.3. The highest BCUT2D eigenvalue weighted by Crippen LogP contribution is 2.48. The molecule has 2 aliphatic carbocycles. The Balaban J connectivity index is 1.34. The Kier molecular flexibility index (Phi) is 9.99. The summed E-state index contributed by atoms with van der Waals surface area (Å²) in [5.74, 6) is 7.20. The molecule has 1 aromatic rings. The zero-order valence-corrected chi connectivity index (χ0v) is 19.7. The van der Waals surface area contributed by atoms with Crippen LogP contribution in [0.25, 0.3) is 0 Å². The highest BCUT2D eigenvalue weighted by Gasteiger charge is 2.43. The lowest BCUT2D eigenvalue weighted by Gasteiger charge is -2.20. The van der Waals surface area contributed by atoms with Gasteiger partial charge in [0, 0.05) is 31.3 Å². The molecule has 1 aromatic heterocycles. The van der Waals surface area contributed by atoms with Crippen LogP contribution < -0.4 is 5.32 Å². The first kappa shape index (κ1) is 24.7. The first-order valence-corrected chi connectivity index (χ1v) is 12.3. The second-order valence-electron chi connectivity index (χ2n) is 9.56. The Morgan fingerprint density at radius 2 is 2.06 bits per heavy atom. The molecule has 174 valence electrons. The molecule has 1 saturated carbocycles. The molecule has 32 heavy (non-hydrogen) atoms. The van der Waals surface area contributed by atoms with Crippen molar-refractivity contribution >= 4 is 0 Å².